The summed E-state index contributed by atoms with van der Waals surface area (Å²) in [5, 5.41) is 13.9. The summed E-state index contributed by atoms with van der Waals surface area (Å²) in [6.45, 7) is 1.56. The molecule has 0 aliphatic heterocycles. The summed E-state index contributed by atoms with van der Waals surface area (Å²) in [5.41, 5.74) is 1.09. The topological polar surface area (TPSA) is 110 Å². The molecule has 0 amide bonds. The lowest BCUT2D eigenvalue weighted by Crippen LogP contribution is -2.11. The van der Waals surface area contributed by atoms with Gasteiger partial charge in [-0.05, 0) is 24.6 Å². The molecule has 6 nitrogen and oxygen atoms in total. The SMILES string of the molecule is CC(C(=O)O)c1ccc2nc(S(N)(=O)=O)sc2c1. The van der Waals surface area contributed by atoms with Gasteiger partial charge in [-0.1, -0.05) is 6.07 Å². The lowest BCUT2D eigenvalue weighted by Gasteiger charge is -2.05. The van der Waals surface area contributed by atoms with Crippen molar-refractivity contribution in [3.05, 3.63) is 23.8 Å². The minimum atomic E-state index is -3.82. The molecule has 8 heteroatoms. The number of hydrogen-bond donors (Lipinski definition) is 2. The largest absolute Gasteiger partial charge is 0.481 e. The molecule has 1 heterocycles. The van der Waals surface area contributed by atoms with Gasteiger partial charge >= 0.3 is 5.97 Å². The number of rotatable bonds is 3. The molecule has 3 N–H and O–H groups in total. The molecule has 2 rings (SSSR count). The molecule has 0 spiro atoms. The lowest BCUT2D eigenvalue weighted by molar-refractivity contribution is -0.138. The summed E-state index contributed by atoms with van der Waals surface area (Å²) in [6, 6.07) is 4.84. The predicted molar refractivity (Wildman–Crippen MR) is 67.0 cm³/mol. The molecule has 0 aliphatic rings. The van der Waals surface area contributed by atoms with Crippen LogP contribution in [0.4, 0.5) is 0 Å². The van der Waals surface area contributed by atoms with Crippen LogP contribution in [0.15, 0.2) is 22.5 Å². The molecule has 0 saturated carbocycles. The number of hydrogen-bond acceptors (Lipinski definition) is 5. The number of benzene rings is 1. The Morgan fingerprint density at radius 2 is 2.17 bits per heavy atom. The van der Waals surface area contributed by atoms with Gasteiger partial charge in [0.05, 0.1) is 16.1 Å². The number of primary sulfonamides is 1. The van der Waals surface area contributed by atoms with Gasteiger partial charge in [0.2, 0.25) is 4.34 Å². The first-order valence-electron chi connectivity index (χ1n) is 4.95. The third kappa shape index (κ3) is 2.35. The average molecular weight is 286 g/mol. The monoisotopic (exact) mass is 286 g/mol. The molecule has 0 fully saturated rings. The first kappa shape index (κ1) is 12.9. The van der Waals surface area contributed by atoms with Crippen LogP contribution in [-0.4, -0.2) is 24.5 Å². The molecule has 2 aromatic rings. The van der Waals surface area contributed by atoms with Crippen molar-refractivity contribution in [3.63, 3.8) is 0 Å². The highest BCUT2D eigenvalue weighted by atomic mass is 32.2. The predicted octanol–water partition coefficient (Wildman–Crippen LogP) is 1.13. The van der Waals surface area contributed by atoms with E-state index in [4.69, 9.17) is 10.2 Å². The fourth-order valence-electron chi connectivity index (χ4n) is 1.45. The van der Waals surface area contributed by atoms with Crippen LogP contribution in [0.3, 0.4) is 0 Å². The minimum Gasteiger partial charge on any atom is -0.481 e. The third-order valence-corrected chi connectivity index (χ3v) is 4.84. The van der Waals surface area contributed by atoms with Gasteiger partial charge in [-0.15, -0.1) is 11.3 Å². The highest BCUT2D eigenvalue weighted by molar-refractivity contribution is 7.91. The van der Waals surface area contributed by atoms with E-state index in [9.17, 15) is 13.2 Å². The van der Waals surface area contributed by atoms with Gasteiger partial charge < -0.3 is 5.11 Å². The number of carbonyl (C=O) groups is 1. The summed E-state index contributed by atoms with van der Waals surface area (Å²) in [4.78, 5) is 14.8. The maximum absolute atomic E-state index is 11.2. The maximum Gasteiger partial charge on any atom is 0.310 e. The van der Waals surface area contributed by atoms with Crippen LogP contribution in [-0.2, 0) is 14.8 Å². The fourth-order valence-corrected chi connectivity index (χ4v) is 3.16. The van der Waals surface area contributed by atoms with Crippen molar-refractivity contribution in [1.29, 1.82) is 0 Å². The van der Waals surface area contributed by atoms with Crippen molar-refractivity contribution in [2.75, 3.05) is 0 Å². The fraction of sp³-hybridized carbons (Fsp3) is 0.200. The summed E-state index contributed by atoms with van der Waals surface area (Å²) in [5.74, 6) is -1.60. The second-order valence-corrected chi connectivity index (χ2v) is 6.58. The molecule has 0 radical (unpaired) electrons. The molecule has 18 heavy (non-hydrogen) atoms. The summed E-state index contributed by atoms with van der Waals surface area (Å²) in [6.07, 6.45) is 0. The van der Waals surface area contributed by atoms with Gasteiger partial charge in [-0.3, -0.25) is 4.79 Å². The Morgan fingerprint density at radius 1 is 1.50 bits per heavy atom. The van der Waals surface area contributed by atoms with Crippen LogP contribution in [0.1, 0.15) is 18.4 Å². The highest BCUT2D eigenvalue weighted by Gasteiger charge is 2.17. The molecule has 0 bridgehead atoms. The smallest absolute Gasteiger partial charge is 0.310 e. The zero-order chi connectivity index (χ0) is 13.5. The van der Waals surface area contributed by atoms with Crippen LogP contribution < -0.4 is 5.14 Å². The standard InChI is InChI=1S/C10H10N2O4S2/c1-5(9(13)14)6-2-3-7-8(4-6)17-10(12-7)18(11,15)16/h2-5H,1H3,(H,13,14)(H2,11,15,16). The average Bonchev–Trinajstić information content (AvgIpc) is 2.69. The number of carboxylic acid groups (broad SMARTS) is 1. The number of carboxylic acids is 1. The van der Waals surface area contributed by atoms with E-state index >= 15 is 0 Å². The first-order chi connectivity index (χ1) is 8.29. The van der Waals surface area contributed by atoms with Crippen LogP contribution in [0, 0.1) is 0 Å². The van der Waals surface area contributed by atoms with Crippen LogP contribution in [0.25, 0.3) is 10.2 Å². The normalized spacial score (nSPS) is 13.7. The second kappa shape index (κ2) is 4.30. The Balaban J connectivity index is 2.56. The Kier molecular flexibility index (Phi) is 3.09. The van der Waals surface area contributed by atoms with Gasteiger partial charge in [0.15, 0.2) is 0 Å². The first-order valence-corrected chi connectivity index (χ1v) is 7.31. The van der Waals surface area contributed by atoms with Crippen molar-refractivity contribution in [1.82, 2.24) is 4.98 Å². The number of sulfonamides is 1. The second-order valence-electron chi connectivity index (χ2n) is 3.81. The van der Waals surface area contributed by atoms with Gasteiger partial charge in [0.25, 0.3) is 10.0 Å². The summed E-state index contributed by atoms with van der Waals surface area (Å²) >= 11 is 0.930. The van der Waals surface area contributed by atoms with E-state index < -0.39 is 21.9 Å². The van der Waals surface area contributed by atoms with Crippen LogP contribution in [0.5, 0.6) is 0 Å². The number of fused-ring (bicyclic) bond motifs is 1. The molecule has 1 atom stereocenters. The molecule has 1 aromatic heterocycles. The van der Waals surface area contributed by atoms with Gasteiger partial charge in [0.1, 0.15) is 0 Å². The maximum atomic E-state index is 11.2. The van der Waals surface area contributed by atoms with Crippen molar-refractivity contribution < 1.29 is 18.3 Å². The third-order valence-electron chi connectivity index (χ3n) is 2.51. The van der Waals surface area contributed by atoms with Crippen LogP contribution >= 0.6 is 11.3 Å². The number of nitrogens with two attached hydrogens (primary N) is 1. The van der Waals surface area contributed by atoms with E-state index in [2.05, 4.69) is 4.98 Å². The van der Waals surface area contributed by atoms with Crippen molar-refractivity contribution >= 4 is 37.5 Å². The van der Waals surface area contributed by atoms with Crippen LogP contribution in [0.2, 0.25) is 0 Å². The Bertz CT molecular complexity index is 721. The number of aliphatic carboxylic acids is 1. The molecule has 1 unspecified atom stereocenters. The highest BCUT2D eigenvalue weighted by Crippen LogP contribution is 2.28. The van der Waals surface area contributed by atoms with Crippen molar-refractivity contribution in [2.45, 2.75) is 17.2 Å². The molecule has 0 aliphatic carbocycles. The van der Waals surface area contributed by atoms with Gasteiger partial charge in [-0.25, -0.2) is 18.5 Å². The van der Waals surface area contributed by atoms with Crippen molar-refractivity contribution in [3.8, 4) is 0 Å². The van der Waals surface area contributed by atoms with E-state index in [1.807, 2.05) is 0 Å². The molecule has 0 saturated heterocycles. The minimum absolute atomic E-state index is 0.169. The van der Waals surface area contributed by atoms with E-state index in [1.54, 1.807) is 25.1 Å². The summed E-state index contributed by atoms with van der Waals surface area (Å²) in [7, 11) is -3.82. The molecule has 96 valence electrons. The zero-order valence-electron chi connectivity index (χ0n) is 9.32. The quantitative estimate of drug-likeness (QED) is 0.878. The number of aromatic nitrogens is 1. The molecule has 1 aromatic carbocycles. The zero-order valence-corrected chi connectivity index (χ0v) is 11.0. The van der Waals surface area contributed by atoms with E-state index in [-0.39, 0.29) is 4.34 Å². The summed E-state index contributed by atoms with van der Waals surface area (Å²) < 4.78 is 22.8. The van der Waals surface area contributed by atoms with E-state index in [0.717, 1.165) is 11.3 Å². The molecular formula is C10H10N2O4S2. The lowest BCUT2D eigenvalue weighted by atomic mass is 10.0. The van der Waals surface area contributed by atoms with Gasteiger partial charge in [0, 0.05) is 0 Å². The Hall–Kier alpha value is -1.51. The Labute approximate surface area is 107 Å². The number of thiazole rings is 1. The van der Waals surface area contributed by atoms with E-state index in [0.29, 0.717) is 15.8 Å². The van der Waals surface area contributed by atoms with Gasteiger partial charge in [-0.2, -0.15) is 0 Å². The van der Waals surface area contributed by atoms with Crippen molar-refractivity contribution in [2.24, 2.45) is 5.14 Å². The van der Waals surface area contributed by atoms with E-state index in [1.165, 1.54) is 0 Å². The molecular weight excluding hydrogens is 276 g/mol. The number of nitrogens with zero attached hydrogens (tertiary/aromatic N) is 1. The Morgan fingerprint density at radius 3 is 2.72 bits per heavy atom.